The Morgan fingerprint density at radius 2 is 1.95 bits per heavy atom. The van der Waals surface area contributed by atoms with Crippen molar-refractivity contribution < 1.29 is 17.8 Å². The maximum atomic E-state index is 11.3. The Morgan fingerprint density at radius 1 is 1.32 bits per heavy atom. The van der Waals surface area contributed by atoms with Gasteiger partial charge in [0.15, 0.2) is 0 Å². The fourth-order valence-electron chi connectivity index (χ4n) is 1.99. The first-order valence-electron chi connectivity index (χ1n) is 5.77. The normalized spacial score (nSPS) is 18.6. The van der Waals surface area contributed by atoms with Crippen molar-refractivity contribution in [3.8, 4) is 0 Å². The molecule has 1 saturated heterocycles. The van der Waals surface area contributed by atoms with Gasteiger partial charge in [-0.15, -0.1) is 0 Å². The fourth-order valence-corrected chi connectivity index (χ4v) is 2.82. The van der Waals surface area contributed by atoms with E-state index in [1.165, 1.54) is 16.6 Å². The number of furan rings is 1. The lowest BCUT2D eigenvalue weighted by Gasteiger charge is -2.32. The monoisotopic (exact) mass is 289 g/mol. The van der Waals surface area contributed by atoms with Crippen molar-refractivity contribution in [2.45, 2.75) is 6.54 Å². The molecule has 0 bridgehead atoms. The Bertz CT molecular complexity index is 559. The molecule has 2 heterocycles. The van der Waals surface area contributed by atoms with Crippen molar-refractivity contribution >= 4 is 15.9 Å². The Balaban J connectivity index is 1.90. The summed E-state index contributed by atoms with van der Waals surface area (Å²) >= 11 is 0. The Kier molecular flexibility index (Phi) is 3.88. The molecule has 1 aromatic heterocycles. The molecular weight excluding hydrogens is 274 g/mol. The quantitative estimate of drug-likeness (QED) is 0.583. The summed E-state index contributed by atoms with van der Waals surface area (Å²) in [5.74, 6) is 0.240. The molecule has 1 aromatic rings. The Hall–Kier alpha value is -1.45. The summed E-state index contributed by atoms with van der Waals surface area (Å²) in [5, 5.41) is 10.5. The second-order valence-electron chi connectivity index (χ2n) is 4.44. The SMILES string of the molecule is CS(=O)(=O)N1CCN(Cc2ccc([N+](=O)[O-])o2)CC1. The van der Waals surface area contributed by atoms with Gasteiger partial charge in [-0.05, 0) is 6.07 Å². The molecule has 1 aliphatic heterocycles. The fraction of sp³-hybridized carbons (Fsp3) is 0.600. The van der Waals surface area contributed by atoms with Gasteiger partial charge in [0.05, 0.1) is 18.9 Å². The number of hydrogen-bond donors (Lipinski definition) is 0. The topological polar surface area (TPSA) is 96.9 Å². The summed E-state index contributed by atoms with van der Waals surface area (Å²) in [6.45, 7) is 2.48. The third-order valence-corrected chi connectivity index (χ3v) is 4.31. The predicted molar refractivity (Wildman–Crippen MR) is 67.1 cm³/mol. The molecule has 0 unspecified atom stereocenters. The van der Waals surface area contributed by atoms with Crippen LogP contribution in [0.5, 0.6) is 0 Å². The van der Waals surface area contributed by atoms with Gasteiger partial charge in [0, 0.05) is 26.2 Å². The van der Waals surface area contributed by atoms with E-state index in [2.05, 4.69) is 0 Å². The summed E-state index contributed by atoms with van der Waals surface area (Å²) < 4.78 is 29.2. The standard InChI is InChI=1S/C10H15N3O5S/c1-19(16,17)12-6-4-11(5-7-12)8-9-2-3-10(18-9)13(14)15/h2-3H,4-8H2,1H3. The first-order valence-corrected chi connectivity index (χ1v) is 7.61. The molecule has 1 fully saturated rings. The average molecular weight is 289 g/mol. The van der Waals surface area contributed by atoms with Gasteiger partial charge in [-0.25, -0.2) is 8.42 Å². The summed E-state index contributed by atoms with van der Waals surface area (Å²) in [6.07, 6.45) is 1.19. The van der Waals surface area contributed by atoms with Crippen LogP contribution in [0.3, 0.4) is 0 Å². The second-order valence-corrected chi connectivity index (χ2v) is 6.42. The number of rotatable bonds is 4. The minimum atomic E-state index is -3.14. The molecule has 0 amide bonds. The molecule has 19 heavy (non-hydrogen) atoms. The maximum absolute atomic E-state index is 11.3. The van der Waals surface area contributed by atoms with Crippen molar-refractivity contribution in [2.75, 3.05) is 32.4 Å². The van der Waals surface area contributed by atoms with E-state index >= 15 is 0 Å². The molecule has 0 radical (unpaired) electrons. The van der Waals surface area contributed by atoms with E-state index in [0.717, 1.165) is 0 Å². The summed E-state index contributed by atoms with van der Waals surface area (Å²) in [4.78, 5) is 11.9. The minimum absolute atomic E-state index is 0.273. The number of nitrogens with zero attached hydrogens (tertiary/aromatic N) is 3. The lowest BCUT2D eigenvalue weighted by atomic mass is 10.3. The Morgan fingerprint density at radius 3 is 2.42 bits per heavy atom. The van der Waals surface area contributed by atoms with Gasteiger partial charge in [0.2, 0.25) is 10.0 Å². The van der Waals surface area contributed by atoms with Crippen molar-refractivity contribution in [2.24, 2.45) is 0 Å². The number of piperazine rings is 1. The van der Waals surface area contributed by atoms with Crippen LogP contribution in [0.25, 0.3) is 0 Å². The molecule has 9 heteroatoms. The van der Waals surface area contributed by atoms with Crippen LogP contribution in [-0.4, -0.2) is 55.0 Å². The zero-order valence-electron chi connectivity index (χ0n) is 10.5. The molecule has 0 spiro atoms. The van der Waals surface area contributed by atoms with Crippen LogP contribution in [-0.2, 0) is 16.6 Å². The molecule has 0 N–H and O–H groups in total. The zero-order valence-corrected chi connectivity index (χ0v) is 11.3. The third-order valence-electron chi connectivity index (χ3n) is 3.01. The van der Waals surface area contributed by atoms with E-state index in [1.807, 2.05) is 4.90 Å². The highest BCUT2D eigenvalue weighted by atomic mass is 32.2. The maximum Gasteiger partial charge on any atom is 0.433 e. The van der Waals surface area contributed by atoms with E-state index in [9.17, 15) is 18.5 Å². The second kappa shape index (κ2) is 5.27. The zero-order chi connectivity index (χ0) is 14.0. The molecule has 0 saturated carbocycles. The van der Waals surface area contributed by atoms with Crippen molar-refractivity contribution in [3.05, 3.63) is 28.0 Å². The molecular formula is C10H15N3O5S. The van der Waals surface area contributed by atoms with E-state index in [0.29, 0.717) is 38.5 Å². The van der Waals surface area contributed by atoms with Crippen molar-refractivity contribution in [1.82, 2.24) is 9.21 Å². The highest BCUT2D eigenvalue weighted by Gasteiger charge is 2.24. The third kappa shape index (κ3) is 3.52. The lowest BCUT2D eigenvalue weighted by Crippen LogP contribution is -2.47. The van der Waals surface area contributed by atoms with Crippen LogP contribution >= 0.6 is 0 Å². The molecule has 0 atom stereocenters. The van der Waals surface area contributed by atoms with Gasteiger partial charge in [-0.3, -0.25) is 15.0 Å². The molecule has 2 rings (SSSR count). The number of sulfonamides is 1. The first-order chi connectivity index (χ1) is 8.86. The van der Waals surface area contributed by atoms with Crippen molar-refractivity contribution in [3.63, 3.8) is 0 Å². The van der Waals surface area contributed by atoms with Gasteiger partial charge in [0.1, 0.15) is 10.7 Å². The van der Waals surface area contributed by atoms with E-state index in [-0.39, 0.29) is 5.88 Å². The molecule has 106 valence electrons. The van der Waals surface area contributed by atoms with Crippen LogP contribution in [0, 0.1) is 10.1 Å². The highest BCUT2D eigenvalue weighted by Crippen LogP contribution is 2.18. The van der Waals surface area contributed by atoms with E-state index in [1.54, 1.807) is 6.07 Å². The van der Waals surface area contributed by atoms with E-state index < -0.39 is 14.9 Å². The van der Waals surface area contributed by atoms with Gasteiger partial charge in [-0.2, -0.15) is 4.31 Å². The smallest absolute Gasteiger partial charge is 0.404 e. The average Bonchev–Trinajstić information content (AvgIpc) is 2.77. The van der Waals surface area contributed by atoms with Gasteiger partial charge >= 0.3 is 5.88 Å². The highest BCUT2D eigenvalue weighted by molar-refractivity contribution is 7.88. The van der Waals surface area contributed by atoms with Crippen LogP contribution in [0.4, 0.5) is 5.88 Å². The van der Waals surface area contributed by atoms with Crippen LogP contribution in [0.2, 0.25) is 0 Å². The van der Waals surface area contributed by atoms with Gasteiger partial charge in [0.25, 0.3) is 0 Å². The summed E-state index contributed by atoms with van der Waals surface area (Å²) in [7, 11) is -3.14. The predicted octanol–water partition coefficient (Wildman–Crippen LogP) is 0.265. The summed E-state index contributed by atoms with van der Waals surface area (Å²) in [6, 6.07) is 2.89. The molecule has 1 aliphatic rings. The Labute approximate surface area is 110 Å². The number of nitro groups is 1. The van der Waals surface area contributed by atoms with E-state index in [4.69, 9.17) is 4.42 Å². The first kappa shape index (κ1) is 14.0. The largest absolute Gasteiger partial charge is 0.433 e. The summed E-state index contributed by atoms with van der Waals surface area (Å²) in [5.41, 5.74) is 0. The molecule has 0 aliphatic carbocycles. The van der Waals surface area contributed by atoms with Crippen LogP contribution in [0.15, 0.2) is 16.5 Å². The van der Waals surface area contributed by atoms with Gasteiger partial charge < -0.3 is 4.42 Å². The van der Waals surface area contributed by atoms with Crippen LogP contribution < -0.4 is 0 Å². The lowest BCUT2D eigenvalue weighted by molar-refractivity contribution is -0.402. The molecule has 0 aromatic carbocycles. The van der Waals surface area contributed by atoms with Crippen LogP contribution in [0.1, 0.15) is 5.76 Å². The molecule has 8 nitrogen and oxygen atoms in total. The van der Waals surface area contributed by atoms with Gasteiger partial charge in [-0.1, -0.05) is 0 Å². The minimum Gasteiger partial charge on any atom is -0.404 e. The number of hydrogen-bond acceptors (Lipinski definition) is 6. The van der Waals surface area contributed by atoms with Crippen molar-refractivity contribution in [1.29, 1.82) is 0 Å².